The third-order valence-corrected chi connectivity index (χ3v) is 3.75. The number of esters is 1. The van der Waals surface area contributed by atoms with E-state index in [1.165, 1.54) is 7.11 Å². The number of methoxy groups -OCH3 is 1. The van der Waals surface area contributed by atoms with E-state index in [1.807, 2.05) is 13.8 Å². The Balaban J connectivity index is 1.98. The molecule has 20 heavy (non-hydrogen) atoms. The van der Waals surface area contributed by atoms with Gasteiger partial charge in [0.2, 0.25) is 5.89 Å². The molecule has 6 nitrogen and oxygen atoms in total. The summed E-state index contributed by atoms with van der Waals surface area (Å²) < 4.78 is 9.95. The standard InChI is InChI=1S/C13H14N2O4S/c1-7-8(2)19-11(15-7)6-14-12(16)9-4-5-10(20-9)13(17)18-3/h4-5H,6H2,1-3H3,(H,14,16). The smallest absolute Gasteiger partial charge is 0.348 e. The van der Waals surface area contributed by atoms with Gasteiger partial charge in [-0.2, -0.15) is 0 Å². The lowest BCUT2D eigenvalue weighted by molar-refractivity contribution is 0.0606. The number of carbonyl (C=O) groups is 2. The average molecular weight is 294 g/mol. The van der Waals surface area contributed by atoms with Crippen molar-refractivity contribution in [2.45, 2.75) is 20.4 Å². The monoisotopic (exact) mass is 294 g/mol. The SMILES string of the molecule is COC(=O)c1ccc(C(=O)NCc2nc(C)c(C)o2)s1. The zero-order chi connectivity index (χ0) is 14.7. The zero-order valence-corrected chi connectivity index (χ0v) is 12.2. The Morgan fingerprint density at radius 2 is 2.05 bits per heavy atom. The maximum atomic E-state index is 11.9. The van der Waals surface area contributed by atoms with Crippen LogP contribution < -0.4 is 5.32 Å². The molecule has 0 aliphatic heterocycles. The van der Waals surface area contributed by atoms with Gasteiger partial charge in [0.1, 0.15) is 10.6 Å². The summed E-state index contributed by atoms with van der Waals surface area (Å²) in [5.74, 6) is 0.461. The Kier molecular flexibility index (Phi) is 4.19. The molecule has 0 atom stereocenters. The van der Waals surface area contributed by atoms with Crippen LogP contribution in [0.25, 0.3) is 0 Å². The molecule has 0 unspecified atom stereocenters. The highest BCUT2D eigenvalue weighted by molar-refractivity contribution is 7.15. The first-order valence-corrected chi connectivity index (χ1v) is 6.72. The van der Waals surface area contributed by atoms with E-state index < -0.39 is 5.97 Å². The van der Waals surface area contributed by atoms with Gasteiger partial charge in [0.25, 0.3) is 5.91 Å². The molecule has 0 spiro atoms. The average Bonchev–Trinajstić information content (AvgIpc) is 3.03. The first kappa shape index (κ1) is 14.3. The molecule has 0 bridgehead atoms. The summed E-state index contributed by atoms with van der Waals surface area (Å²) in [5.41, 5.74) is 0.804. The number of aromatic nitrogens is 1. The molecule has 1 amide bonds. The quantitative estimate of drug-likeness (QED) is 0.873. The number of hydrogen-bond acceptors (Lipinski definition) is 6. The lowest BCUT2D eigenvalue weighted by Gasteiger charge is -1.99. The minimum atomic E-state index is -0.451. The van der Waals surface area contributed by atoms with Crippen LogP contribution in [0.15, 0.2) is 16.5 Å². The van der Waals surface area contributed by atoms with E-state index in [2.05, 4.69) is 15.0 Å². The lowest BCUT2D eigenvalue weighted by atomic mass is 10.4. The Bertz CT molecular complexity index is 625. The molecule has 7 heteroatoms. The second kappa shape index (κ2) is 5.87. The molecule has 2 aromatic rings. The second-order valence-corrected chi connectivity index (χ2v) is 5.17. The largest absolute Gasteiger partial charge is 0.465 e. The maximum Gasteiger partial charge on any atom is 0.348 e. The van der Waals surface area contributed by atoms with Crippen molar-refractivity contribution in [3.05, 3.63) is 39.2 Å². The van der Waals surface area contributed by atoms with Gasteiger partial charge in [-0.3, -0.25) is 4.79 Å². The van der Waals surface area contributed by atoms with Crippen molar-refractivity contribution in [2.24, 2.45) is 0 Å². The normalized spacial score (nSPS) is 10.3. The highest BCUT2D eigenvalue weighted by Gasteiger charge is 2.14. The van der Waals surface area contributed by atoms with Gasteiger partial charge < -0.3 is 14.5 Å². The minimum absolute atomic E-state index is 0.207. The fourth-order valence-electron chi connectivity index (χ4n) is 1.53. The van der Waals surface area contributed by atoms with Gasteiger partial charge in [-0.15, -0.1) is 11.3 Å². The molecule has 0 radical (unpaired) electrons. The number of thiophene rings is 1. The molecule has 0 saturated carbocycles. The summed E-state index contributed by atoms with van der Waals surface area (Å²) >= 11 is 1.08. The van der Waals surface area contributed by atoms with Crippen LogP contribution in [-0.4, -0.2) is 24.0 Å². The zero-order valence-electron chi connectivity index (χ0n) is 11.4. The summed E-state index contributed by atoms with van der Waals surface area (Å²) in [6, 6.07) is 3.14. The first-order valence-electron chi connectivity index (χ1n) is 5.90. The van der Waals surface area contributed by atoms with Crippen molar-refractivity contribution in [3.63, 3.8) is 0 Å². The molecule has 1 N–H and O–H groups in total. The van der Waals surface area contributed by atoms with Crippen molar-refractivity contribution in [1.82, 2.24) is 10.3 Å². The Morgan fingerprint density at radius 3 is 2.65 bits per heavy atom. The molecule has 2 rings (SSSR count). The van der Waals surface area contributed by atoms with Gasteiger partial charge in [-0.25, -0.2) is 9.78 Å². The lowest BCUT2D eigenvalue weighted by Crippen LogP contribution is -2.21. The molecular formula is C13H14N2O4S. The van der Waals surface area contributed by atoms with E-state index in [-0.39, 0.29) is 12.5 Å². The number of rotatable bonds is 4. The van der Waals surface area contributed by atoms with Gasteiger partial charge in [0.05, 0.1) is 24.2 Å². The Morgan fingerprint density at radius 1 is 1.35 bits per heavy atom. The van der Waals surface area contributed by atoms with E-state index in [4.69, 9.17) is 4.42 Å². The summed E-state index contributed by atoms with van der Waals surface area (Å²) in [6.07, 6.45) is 0. The van der Waals surface area contributed by atoms with Crippen LogP contribution in [0.5, 0.6) is 0 Å². The molecule has 2 aromatic heterocycles. The van der Waals surface area contributed by atoms with E-state index >= 15 is 0 Å². The fraction of sp³-hybridized carbons (Fsp3) is 0.308. The number of amides is 1. The number of aryl methyl sites for hydroxylation is 2. The van der Waals surface area contributed by atoms with Gasteiger partial charge in [-0.05, 0) is 26.0 Å². The van der Waals surface area contributed by atoms with E-state index in [1.54, 1.807) is 12.1 Å². The number of ether oxygens (including phenoxy) is 1. The van der Waals surface area contributed by atoms with Gasteiger partial charge in [0.15, 0.2) is 0 Å². The van der Waals surface area contributed by atoms with Crippen molar-refractivity contribution in [2.75, 3.05) is 7.11 Å². The van der Waals surface area contributed by atoms with Crippen LogP contribution in [0, 0.1) is 13.8 Å². The highest BCUT2D eigenvalue weighted by Crippen LogP contribution is 2.17. The van der Waals surface area contributed by atoms with E-state index in [0.29, 0.717) is 15.6 Å². The van der Waals surface area contributed by atoms with Crippen molar-refractivity contribution >= 4 is 23.2 Å². The summed E-state index contributed by atoms with van der Waals surface area (Å²) in [7, 11) is 1.30. The van der Waals surface area contributed by atoms with Crippen LogP contribution in [-0.2, 0) is 11.3 Å². The molecule has 0 aliphatic carbocycles. The van der Waals surface area contributed by atoms with Crippen LogP contribution in [0.1, 0.15) is 36.7 Å². The van der Waals surface area contributed by atoms with Gasteiger partial charge in [0, 0.05) is 0 Å². The van der Waals surface area contributed by atoms with Crippen molar-refractivity contribution in [1.29, 1.82) is 0 Å². The number of oxazole rings is 1. The third-order valence-electron chi connectivity index (χ3n) is 2.69. The Labute approximate surface area is 119 Å². The molecular weight excluding hydrogens is 280 g/mol. The Hall–Kier alpha value is -2.15. The second-order valence-electron chi connectivity index (χ2n) is 4.09. The predicted octanol–water partition coefficient (Wildman–Crippen LogP) is 2.07. The molecule has 0 aliphatic rings. The van der Waals surface area contributed by atoms with Crippen LogP contribution in [0.3, 0.4) is 0 Å². The third kappa shape index (κ3) is 3.05. The molecule has 0 saturated heterocycles. The predicted molar refractivity (Wildman–Crippen MR) is 72.8 cm³/mol. The summed E-state index contributed by atoms with van der Waals surface area (Å²) in [5, 5.41) is 2.69. The minimum Gasteiger partial charge on any atom is -0.465 e. The maximum absolute atomic E-state index is 11.9. The van der Waals surface area contributed by atoms with Gasteiger partial charge >= 0.3 is 5.97 Å². The molecule has 0 fully saturated rings. The number of hydrogen-bond donors (Lipinski definition) is 1. The van der Waals surface area contributed by atoms with Crippen LogP contribution in [0.4, 0.5) is 0 Å². The highest BCUT2D eigenvalue weighted by atomic mass is 32.1. The van der Waals surface area contributed by atoms with E-state index in [9.17, 15) is 9.59 Å². The van der Waals surface area contributed by atoms with Gasteiger partial charge in [-0.1, -0.05) is 0 Å². The van der Waals surface area contributed by atoms with Crippen LogP contribution in [0.2, 0.25) is 0 Å². The summed E-state index contributed by atoms with van der Waals surface area (Å²) in [4.78, 5) is 28.2. The topological polar surface area (TPSA) is 81.4 Å². The number of nitrogens with zero attached hydrogens (tertiary/aromatic N) is 1. The van der Waals surface area contributed by atoms with Crippen molar-refractivity contribution in [3.8, 4) is 0 Å². The fourth-order valence-corrected chi connectivity index (χ4v) is 2.37. The van der Waals surface area contributed by atoms with E-state index in [0.717, 1.165) is 22.8 Å². The summed E-state index contributed by atoms with van der Waals surface area (Å²) in [6.45, 7) is 3.86. The molecule has 2 heterocycles. The van der Waals surface area contributed by atoms with Crippen LogP contribution >= 0.6 is 11.3 Å². The number of carbonyl (C=O) groups excluding carboxylic acids is 2. The molecule has 106 valence electrons. The number of nitrogens with one attached hydrogen (secondary N) is 1. The van der Waals surface area contributed by atoms with Crippen molar-refractivity contribution < 1.29 is 18.7 Å². The first-order chi connectivity index (χ1) is 9.51. The molecule has 0 aromatic carbocycles.